The largest absolute Gasteiger partial charge is 0.444 e. The summed E-state index contributed by atoms with van der Waals surface area (Å²) < 4.78 is 13.1. The number of hydrogen-bond donors (Lipinski definition) is 1. The van der Waals surface area contributed by atoms with E-state index in [4.69, 9.17) is 9.47 Å². The van der Waals surface area contributed by atoms with Gasteiger partial charge in [-0.05, 0) is 59.1 Å². The molecule has 1 fully saturated rings. The Kier molecular flexibility index (Phi) is 4.49. The maximum Gasteiger partial charge on any atom is 0.412 e. The highest BCUT2D eigenvalue weighted by molar-refractivity contribution is 6.00. The quantitative estimate of drug-likeness (QED) is 0.886. The van der Waals surface area contributed by atoms with Gasteiger partial charge in [-0.15, -0.1) is 0 Å². The lowest BCUT2D eigenvalue weighted by atomic mass is 10.1. The fourth-order valence-corrected chi connectivity index (χ4v) is 3.03. The standard InChI is InChI=1S/C18H25N3O3/c1-12-16-13(19-17(22)24-18(2,3)4)8-7-9-14(16)21(20-12)15-10-5-6-11-23-15/h7-9,15H,5-6,10-11H2,1-4H3,(H,19,22). The van der Waals surface area contributed by atoms with Gasteiger partial charge in [-0.1, -0.05) is 6.07 Å². The number of benzene rings is 1. The van der Waals surface area contributed by atoms with Gasteiger partial charge in [0.15, 0.2) is 6.23 Å². The highest BCUT2D eigenvalue weighted by atomic mass is 16.6. The first-order valence-electron chi connectivity index (χ1n) is 8.44. The van der Waals surface area contributed by atoms with Gasteiger partial charge < -0.3 is 9.47 Å². The van der Waals surface area contributed by atoms with Crippen molar-refractivity contribution in [2.45, 2.75) is 58.8 Å². The molecule has 6 heteroatoms. The lowest BCUT2D eigenvalue weighted by Gasteiger charge is -2.23. The summed E-state index contributed by atoms with van der Waals surface area (Å²) in [7, 11) is 0. The number of nitrogens with zero attached hydrogens (tertiary/aromatic N) is 2. The number of carbonyl (C=O) groups is 1. The minimum atomic E-state index is -0.535. The van der Waals surface area contributed by atoms with Crippen LogP contribution in [0.3, 0.4) is 0 Å². The molecule has 1 aliphatic rings. The van der Waals surface area contributed by atoms with Crippen LogP contribution in [0.25, 0.3) is 10.9 Å². The Labute approximate surface area is 142 Å². The minimum absolute atomic E-state index is 0.0354. The number of hydrogen-bond acceptors (Lipinski definition) is 4. The Bertz CT molecular complexity index is 740. The smallest absolute Gasteiger partial charge is 0.412 e. The summed E-state index contributed by atoms with van der Waals surface area (Å²) >= 11 is 0. The molecule has 130 valence electrons. The summed E-state index contributed by atoms with van der Waals surface area (Å²) in [4.78, 5) is 12.1. The predicted octanol–water partition coefficient (Wildman–Crippen LogP) is 4.39. The van der Waals surface area contributed by atoms with E-state index in [1.54, 1.807) is 0 Å². The number of nitrogens with one attached hydrogen (secondary N) is 1. The molecule has 0 bridgehead atoms. The third-order valence-corrected chi connectivity index (χ3v) is 3.97. The summed E-state index contributed by atoms with van der Waals surface area (Å²) in [5.74, 6) is 0. The summed E-state index contributed by atoms with van der Waals surface area (Å²) in [5, 5.41) is 8.43. The molecule has 1 aromatic heterocycles. The van der Waals surface area contributed by atoms with Crippen molar-refractivity contribution in [2.24, 2.45) is 0 Å². The van der Waals surface area contributed by atoms with E-state index in [9.17, 15) is 4.79 Å². The van der Waals surface area contributed by atoms with Crippen LogP contribution in [0.15, 0.2) is 18.2 Å². The summed E-state index contributed by atoms with van der Waals surface area (Å²) in [6, 6.07) is 5.79. The van der Waals surface area contributed by atoms with Crippen LogP contribution in [-0.4, -0.2) is 28.1 Å². The molecule has 3 rings (SSSR count). The van der Waals surface area contributed by atoms with E-state index < -0.39 is 11.7 Å². The van der Waals surface area contributed by atoms with Crippen molar-refractivity contribution in [3.8, 4) is 0 Å². The number of aryl methyl sites for hydroxylation is 1. The minimum Gasteiger partial charge on any atom is -0.444 e. The third-order valence-electron chi connectivity index (χ3n) is 3.97. The highest BCUT2D eigenvalue weighted by Crippen LogP contribution is 2.32. The van der Waals surface area contributed by atoms with Crippen LogP contribution >= 0.6 is 0 Å². The van der Waals surface area contributed by atoms with Crippen LogP contribution in [-0.2, 0) is 9.47 Å². The van der Waals surface area contributed by atoms with Gasteiger partial charge in [-0.3, -0.25) is 5.32 Å². The molecular weight excluding hydrogens is 306 g/mol. The van der Waals surface area contributed by atoms with Crippen molar-refractivity contribution in [1.29, 1.82) is 0 Å². The second kappa shape index (κ2) is 6.43. The van der Waals surface area contributed by atoms with Gasteiger partial charge in [0.25, 0.3) is 0 Å². The number of aromatic nitrogens is 2. The topological polar surface area (TPSA) is 65.4 Å². The van der Waals surface area contributed by atoms with E-state index >= 15 is 0 Å². The van der Waals surface area contributed by atoms with Crippen molar-refractivity contribution in [3.63, 3.8) is 0 Å². The third kappa shape index (κ3) is 3.53. The first kappa shape index (κ1) is 16.8. The van der Waals surface area contributed by atoms with Crippen LogP contribution < -0.4 is 5.32 Å². The molecule has 0 spiro atoms. The van der Waals surface area contributed by atoms with E-state index in [2.05, 4.69) is 10.4 Å². The fourth-order valence-electron chi connectivity index (χ4n) is 3.03. The lowest BCUT2D eigenvalue weighted by molar-refractivity contribution is -0.0368. The summed E-state index contributed by atoms with van der Waals surface area (Å²) in [5.41, 5.74) is 2.01. The molecule has 1 unspecified atom stereocenters. The number of anilines is 1. The second-order valence-corrected chi connectivity index (χ2v) is 7.18. The van der Waals surface area contributed by atoms with Crippen LogP contribution in [0, 0.1) is 6.92 Å². The normalized spacial score (nSPS) is 18.6. The number of fused-ring (bicyclic) bond motifs is 1. The number of amides is 1. The highest BCUT2D eigenvalue weighted by Gasteiger charge is 2.22. The fraction of sp³-hybridized carbons (Fsp3) is 0.556. The van der Waals surface area contributed by atoms with Crippen LogP contribution in [0.4, 0.5) is 10.5 Å². The number of carbonyl (C=O) groups excluding carboxylic acids is 1. The molecule has 6 nitrogen and oxygen atoms in total. The van der Waals surface area contributed by atoms with Crippen molar-refractivity contribution in [3.05, 3.63) is 23.9 Å². The molecule has 24 heavy (non-hydrogen) atoms. The Morgan fingerprint density at radius 2 is 2.17 bits per heavy atom. The average molecular weight is 331 g/mol. The van der Waals surface area contributed by atoms with Crippen LogP contribution in [0.2, 0.25) is 0 Å². The maximum absolute atomic E-state index is 12.1. The van der Waals surface area contributed by atoms with Crippen LogP contribution in [0.5, 0.6) is 0 Å². The molecule has 0 aliphatic carbocycles. The van der Waals surface area contributed by atoms with Gasteiger partial charge in [0.2, 0.25) is 0 Å². The zero-order valence-corrected chi connectivity index (χ0v) is 14.8. The molecule has 1 aliphatic heterocycles. The van der Waals surface area contributed by atoms with Crippen molar-refractivity contribution in [1.82, 2.24) is 9.78 Å². The zero-order chi connectivity index (χ0) is 17.3. The molecule has 2 aromatic rings. The molecule has 1 N–H and O–H groups in total. The molecule has 1 atom stereocenters. The van der Waals surface area contributed by atoms with E-state index in [0.717, 1.165) is 42.5 Å². The molecular formula is C18H25N3O3. The SMILES string of the molecule is Cc1nn(C2CCCCO2)c2cccc(NC(=O)OC(C)(C)C)c12. The number of rotatable bonds is 2. The van der Waals surface area contributed by atoms with E-state index in [0.29, 0.717) is 5.69 Å². The van der Waals surface area contributed by atoms with Gasteiger partial charge in [-0.2, -0.15) is 5.10 Å². The Morgan fingerprint density at radius 3 is 2.83 bits per heavy atom. The van der Waals surface area contributed by atoms with Crippen LogP contribution in [0.1, 0.15) is 52.0 Å². The number of ether oxygens (including phenoxy) is 2. The predicted molar refractivity (Wildman–Crippen MR) is 93.2 cm³/mol. The first-order valence-corrected chi connectivity index (χ1v) is 8.44. The van der Waals surface area contributed by atoms with Crippen molar-refractivity contribution in [2.75, 3.05) is 11.9 Å². The zero-order valence-electron chi connectivity index (χ0n) is 14.8. The van der Waals surface area contributed by atoms with Gasteiger partial charge in [0.05, 0.1) is 16.9 Å². The molecule has 1 aromatic carbocycles. The van der Waals surface area contributed by atoms with Crippen molar-refractivity contribution < 1.29 is 14.3 Å². The first-order chi connectivity index (χ1) is 11.3. The average Bonchev–Trinajstić information content (AvgIpc) is 2.84. The van der Waals surface area contributed by atoms with Gasteiger partial charge >= 0.3 is 6.09 Å². The van der Waals surface area contributed by atoms with E-state index in [1.165, 1.54) is 0 Å². The molecule has 1 amide bonds. The second-order valence-electron chi connectivity index (χ2n) is 7.18. The molecule has 1 saturated heterocycles. The Hall–Kier alpha value is -2.08. The van der Waals surface area contributed by atoms with Gasteiger partial charge in [0.1, 0.15) is 5.60 Å². The van der Waals surface area contributed by atoms with Gasteiger partial charge in [0, 0.05) is 12.0 Å². The van der Waals surface area contributed by atoms with Gasteiger partial charge in [-0.25, -0.2) is 9.48 Å². The summed E-state index contributed by atoms with van der Waals surface area (Å²) in [6.07, 6.45) is 2.70. The van der Waals surface area contributed by atoms with E-state index in [-0.39, 0.29) is 6.23 Å². The molecule has 0 radical (unpaired) electrons. The summed E-state index contributed by atoms with van der Waals surface area (Å²) in [6.45, 7) is 8.24. The Balaban J connectivity index is 1.92. The monoisotopic (exact) mass is 331 g/mol. The molecule has 2 heterocycles. The lowest BCUT2D eigenvalue weighted by Crippen LogP contribution is -2.27. The maximum atomic E-state index is 12.1. The Morgan fingerprint density at radius 1 is 1.38 bits per heavy atom. The van der Waals surface area contributed by atoms with Crippen molar-refractivity contribution >= 4 is 22.7 Å². The molecule has 0 saturated carbocycles. The van der Waals surface area contributed by atoms with E-state index in [1.807, 2.05) is 50.6 Å².